The molecule has 0 atom stereocenters. The normalized spacial score (nSPS) is 13.0. The molecule has 2 rings (SSSR count). The van der Waals surface area contributed by atoms with E-state index in [9.17, 15) is 8.78 Å². The Morgan fingerprint density at radius 1 is 0.913 bits per heavy atom. The van der Waals surface area contributed by atoms with Gasteiger partial charge in [0.25, 0.3) is 0 Å². The summed E-state index contributed by atoms with van der Waals surface area (Å²) in [5, 5.41) is 0. The molecule has 0 saturated carbocycles. The number of benzene rings is 1. The first kappa shape index (κ1) is 31.0. The fourth-order valence-electron chi connectivity index (χ4n) is 2.23. The largest absolute Gasteiger partial charge is 0.301 e. The number of halogens is 2. The van der Waals surface area contributed by atoms with E-state index < -0.39 is 11.6 Å². The minimum absolute atomic E-state index is 0. The Labute approximate surface area is 169 Å². The van der Waals surface area contributed by atoms with Gasteiger partial charge in [0, 0.05) is 44.8 Å². The molecule has 0 unspecified atom stereocenters. The summed E-state index contributed by atoms with van der Waals surface area (Å²) in [6, 6.07) is 4.45. The zero-order valence-corrected chi connectivity index (χ0v) is 15.8. The Bertz CT molecular complexity index is 389. The number of likely N-dealkylation sites (tertiary alicyclic amines) is 1. The van der Waals surface area contributed by atoms with Crippen molar-refractivity contribution in [2.24, 2.45) is 0 Å². The van der Waals surface area contributed by atoms with Crippen molar-refractivity contribution in [3.63, 3.8) is 0 Å². The first-order chi connectivity index (χ1) is 8.91. The number of hydrogen-bond donors (Lipinski definition) is 0. The van der Waals surface area contributed by atoms with Crippen molar-refractivity contribution in [3.8, 4) is 0 Å². The second-order valence-electron chi connectivity index (χ2n) is 5.66. The van der Waals surface area contributed by atoms with Gasteiger partial charge in [-0.05, 0) is 57.3 Å². The molecule has 1 fully saturated rings. The van der Waals surface area contributed by atoms with Gasteiger partial charge in [-0.25, -0.2) is 8.78 Å². The fraction of sp³-hybridized carbons (Fsp3) is 0.684. The van der Waals surface area contributed by atoms with E-state index in [1.165, 1.54) is 38.1 Å². The maximum absolute atomic E-state index is 12.9. The molecule has 23 heavy (non-hydrogen) atoms. The average molecular weight is 406 g/mol. The third-order valence-corrected chi connectivity index (χ3v) is 3.46. The molecule has 1 nitrogen and oxygen atoms in total. The molecule has 0 amide bonds. The molecule has 0 aromatic heterocycles. The van der Waals surface area contributed by atoms with E-state index in [0.717, 1.165) is 12.1 Å². The predicted molar refractivity (Wildman–Crippen MR) is 96.6 cm³/mol. The minimum atomic E-state index is -0.521. The first-order valence-electron chi connectivity index (χ1n) is 7.10. The Morgan fingerprint density at radius 3 is 1.70 bits per heavy atom. The van der Waals surface area contributed by atoms with Gasteiger partial charge >= 0.3 is 0 Å². The standard InChI is InChI=1S/C9H10F2.C7H15N.3CH4.Y/c1-6(2)8-4-3-7(10)5-9(8)11;1-7(2)8-5-3-4-6-8;;;;/h3-6H,1-2H3;7H,3-6H2,1-2H3;3*1H4;. The molecule has 0 bridgehead atoms. The molecule has 1 saturated heterocycles. The molecule has 1 aliphatic heterocycles. The monoisotopic (exact) mass is 406 g/mol. The van der Waals surface area contributed by atoms with Crippen LogP contribution < -0.4 is 0 Å². The molecule has 4 heteroatoms. The van der Waals surface area contributed by atoms with Crippen LogP contribution in [0, 0.1) is 11.6 Å². The van der Waals surface area contributed by atoms with Crippen LogP contribution in [-0.4, -0.2) is 24.0 Å². The molecule has 0 spiro atoms. The predicted octanol–water partition coefficient (Wildman–Crippen LogP) is 6.48. The Hall–Kier alpha value is 0.144. The molecule has 1 heterocycles. The topological polar surface area (TPSA) is 3.24 Å². The molecule has 1 radical (unpaired) electrons. The van der Waals surface area contributed by atoms with Crippen LogP contribution in [0.5, 0.6) is 0 Å². The van der Waals surface area contributed by atoms with Crippen LogP contribution in [0.2, 0.25) is 0 Å². The summed E-state index contributed by atoms with van der Waals surface area (Å²) in [7, 11) is 0. The first-order valence-corrected chi connectivity index (χ1v) is 7.10. The second-order valence-corrected chi connectivity index (χ2v) is 5.66. The van der Waals surface area contributed by atoms with Crippen LogP contribution in [0.25, 0.3) is 0 Å². The number of hydrogen-bond acceptors (Lipinski definition) is 1. The van der Waals surface area contributed by atoms with Gasteiger partial charge in [-0.1, -0.05) is 42.2 Å². The van der Waals surface area contributed by atoms with Gasteiger partial charge < -0.3 is 4.90 Å². The maximum Gasteiger partial charge on any atom is 0.129 e. The van der Waals surface area contributed by atoms with Crippen LogP contribution in [-0.2, 0) is 32.7 Å². The van der Waals surface area contributed by atoms with E-state index in [2.05, 4.69) is 18.7 Å². The van der Waals surface area contributed by atoms with Crippen molar-refractivity contribution in [3.05, 3.63) is 35.4 Å². The van der Waals surface area contributed by atoms with Crippen molar-refractivity contribution in [2.75, 3.05) is 13.1 Å². The summed E-state index contributed by atoms with van der Waals surface area (Å²) in [4.78, 5) is 2.53. The molecule has 0 N–H and O–H groups in total. The summed E-state index contributed by atoms with van der Waals surface area (Å²) in [5.41, 5.74) is 0.561. The van der Waals surface area contributed by atoms with Gasteiger partial charge in [0.05, 0.1) is 0 Å². The quantitative estimate of drug-likeness (QED) is 0.543. The third-order valence-electron chi connectivity index (χ3n) is 3.46. The van der Waals surface area contributed by atoms with Crippen molar-refractivity contribution in [1.82, 2.24) is 4.90 Å². The van der Waals surface area contributed by atoms with Crippen molar-refractivity contribution >= 4 is 0 Å². The van der Waals surface area contributed by atoms with E-state index in [4.69, 9.17) is 0 Å². The van der Waals surface area contributed by atoms with E-state index in [0.29, 0.717) is 5.56 Å². The zero-order valence-electron chi connectivity index (χ0n) is 13.0. The minimum Gasteiger partial charge on any atom is -0.301 e. The summed E-state index contributed by atoms with van der Waals surface area (Å²) in [5.74, 6) is -0.873. The van der Waals surface area contributed by atoms with Gasteiger partial charge in [0.15, 0.2) is 0 Å². The van der Waals surface area contributed by atoms with Crippen molar-refractivity contribution in [2.45, 2.75) is 74.8 Å². The molecule has 1 aliphatic rings. The van der Waals surface area contributed by atoms with Crippen LogP contribution in [0.1, 0.15) is 74.3 Å². The Kier molecular flexibility index (Phi) is 21.1. The van der Waals surface area contributed by atoms with Crippen molar-refractivity contribution in [1.29, 1.82) is 0 Å². The SMILES string of the molecule is C.C.C.CC(C)N1CCCC1.CC(C)c1ccc(F)cc1F.[Y]. The van der Waals surface area contributed by atoms with E-state index >= 15 is 0 Å². The summed E-state index contributed by atoms with van der Waals surface area (Å²) >= 11 is 0. The van der Waals surface area contributed by atoms with Gasteiger partial charge in [0.2, 0.25) is 0 Å². The summed E-state index contributed by atoms with van der Waals surface area (Å²) < 4.78 is 25.2. The number of rotatable bonds is 2. The van der Waals surface area contributed by atoms with E-state index in [-0.39, 0.29) is 60.9 Å². The van der Waals surface area contributed by atoms with E-state index in [1.807, 2.05) is 13.8 Å². The molecule has 135 valence electrons. The summed E-state index contributed by atoms with van der Waals surface area (Å²) in [6.45, 7) is 10.9. The van der Waals surface area contributed by atoms with Crippen LogP contribution in [0.4, 0.5) is 8.78 Å². The molecular weight excluding hydrogens is 369 g/mol. The average Bonchev–Trinajstić information content (AvgIpc) is 2.82. The molecule has 0 aliphatic carbocycles. The number of nitrogens with zero attached hydrogens (tertiary/aromatic N) is 1. The van der Waals surface area contributed by atoms with Gasteiger partial charge in [0.1, 0.15) is 11.6 Å². The van der Waals surface area contributed by atoms with Gasteiger partial charge in [-0.15, -0.1) is 0 Å². The fourth-order valence-corrected chi connectivity index (χ4v) is 2.23. The van der Waals surface area contributed by atoms with Gasteiger partial charge in [-0.2, -0.15) is 0 Å². The van der Waals surface area contributed by atoms with Crippen molar-refractivity contribution < 1.29 is 41.5 Å². The molecular formula is C19H37F2NY. The van der Waals surface area contributed by atoms with Crippen LogP contribution in [0.15, 0.2) is 18.2 Å². The molecule has 1 aromatic carbocycles. The van der Waals surface area contributed by atoms with Crippen LogP contribution >= 0.6 is 0 Å². The molecule has 1 aromatic rings. The smallest absolute Gasteiger partial charge is 0.129 e. The third kappa shape index (κ3) is 11.3. The zero-order chi connectivity index (χ0) is 14.4. The van der Waals surface area contributed by atoms with Crippen LogP contribution in [0.3, 0.4) is 0 Å². The second kappa shape index (κ2) is 15.7. The Balaban J connectivity index is -0.000000138. The Morgan fingerprint density at radius 2 is 1.39 bits per heavy atom. The van der Waals surface area contributed by atoms with Gasteiger partial charge in [-0.3, -0.25) is 0 Å². The maximum atomic E-state index is 12.9. The van der Waals surface area contributed by atoms with E-state index in [1.54, 1.807) is 0 Å². The summed E-state index contributed by atoms with van der Waals surface area (Å²) in [6.07, 6.45) is 2.83.